The average molecular weight is 313 g/mol. The van der Waals surface area contributed by atoms with E-state index >= 15 is 0 Å². The van der Waals surface area contributed by atoms with Gasteiger partial charge in [0.1, 0.15) is 0 Å². The molecule has 0 spiro atoms. The summed E-state index contributed by atoms with van der Waals surface area (Å²) in [6.07, 6.45) is 2.25. The summed E-state index contributed by atoms with van der Waals surface area (Å²) in [6, 6.07) is 31.2. The molecule has 3 aromatic carbocycles. The van der Waals surface area contributed by atoms with Crippen molar-refractivity contribution in [3.8, 4) is 0 Å². The Morgan fingerprint density at radius 3 is 1.96 bits per heavy atom. The minimum atomic E-state index is 0.558. The largest absolute Gasteiger partial charge is 0.291 e. The highest BCUT2D eigenvalue weighted by Gasteiger charge is 2.26. The van der Waals surface area contributed by atoms with E-state index in [2.05, 4.69) is 89.8 Å². The lowest BCUT2D eigenvalue weighted by atomic mass is 9.90. The van der Waals surface area contributed by atoms with Crippen molar-refractivity contribution in [3.63, 3.8) is 0 Å². The first kappa shape index (κ1) is 15.2. The molecule has 0 aliphatic carbocycles. The van der Waals surface area contributed by atoms with Gasteiger partial charge >= 0.3 is 0 Å². The Hall–Kier alpha value is -2.38. The molecule has 120 valence electrons. The second-order valence-electron chi connectivity index (χ2n) is 6.71. The second kappa shape index (κ2) is 7.02. The number of benzene rings is 3. The highest BCUT2D eigenvalue weighted by molar-refractivity contribution is 5.31. The van der Waals surface area contributed by atoms with Gasteiger partial charge in [0, 0.05) is 19.1 Å². The zero-order valence-electron chi connectivity index (χ0n) is 13.9. The van der Waals surface area contributed by atoms with Crippen molar-refractivity contribution in [1.29, 1.82) is 0 Å². The topological polar surface area (TPSA) is 3.24 Å². The molecule has 0 fully saturated rings. The number of nitrogens with zero attached hydrogens (tertiary/aromatic N) is 1. The van der Waals surface area contributed by atoms with Crippen LogP contribution >= 0.6 is 0 Å². The van der Waals surface area contributed by atoms with Crippen LogP contribution in [0.2, 0.25) is 0 Å². The van der Waals surface area contributed by atoms with Gasteiger partial charge in [-0.3, -0.25) is 4.90 Å². The molecule has 1 nitrogen and oxygen atoms in total. The standard InChI is InChI=1S/C23H23N/c1-3-9-19(10-4-1)15-23-16-21-13-7-8-14-22(21)18-24(23)17-20-11-5-2-6-12-20/h1-14,23H,15-18H2/t23-/m0/s1. The van der Waals surface area contributed by atoms with Gasteiger partial charge in [0.15, 0.2) is 0 Å². The van der Waals surface area contributed by atoms with Gasteiger partial charge in [-0.2, -0.15) is 0 Å². The van der Waals surface area contributed by atoms with Crippen LogP contribution in [0.4, 0.5) is 0 Å². The maximum atomic E-state index is 2.64. The first-order valence-corrected chi connectivity index (χ1v) is 8.77. The number of hydrogen-bond donors (Lipinski definition) is 0. The van der Waals surface area contributed by atoms with Crippen molar-refractivity contribution in [2.45, 2.75) is 32.0 Å². The molecule has 1 aliphatic rings. The third-order valence-electron chi connectivity index (χ3n) is 5.01. The van der Waals surface area contributed by atoms with Crippen LogP contribution < -0.4 is 0 Å². The minimum absolute atomic E-state index is 0.558. The molecular weight excluding hydrogens is 290 g/mol. The molecule has 3 aromatic rings. The van der Waals surface area contributed by atoms with E-state index in [0.29, 0.717) is 6.04 Å². The van der Waals surface area contributed by atoms with E-state index in [1.807, 2.05) is 0 Å². The van der Waals surface area contributed by atoms with E-state index in [1.54, 1.807) is 0 Å². The fourth-order valence-electron chi connectivity index (χ4n) is 3.73. The summed E-state index contributed by atoms with van der Waals surface area (Å²) in [4.78, 5) is 2.64. The lowest BCUT2D eigenvalue weighted by Gasteiger charge is -2.37. The fourth-order valence-corrected chi connectivity index (χ4v) is 3.73. The molecule has 0 aromatic heterocycles. The zero-order valence-corrected chi connectivity index (χ0v) is 13.9. The average Bonchev–Trinajstić information content (AvgIpc) is 2.64. The predicted molar refractivity (Wildman–Crippen MR) is 99.8 cm³/mol. The van der Waals surface area contributed by atoms with Crippen LogP contribution in [-0.2, 0) is 25.9 Å². The Kier molecular flexibility index (Phi) is 4.44. The van der Waals surface area contributed by atoms with Gasteiger partial charge < -0.3 is 0 Å². The maximum Gasteiger partial charge on any atom is 0.0243 e. The van der Waals surface area contributed by atoms with Crippen molar-refractivity contribution in [2.75, 3.05) is 0 Å². The van der Waals surface area contributed by atoms with Crippen molar-refractivity contribution >= 4 is 0 Å². The summed E-state index contributed by atoms with van der Waals surface area (Å²) in [6.45, 7) is 2.06. The van der Waals surface area contributed by atoms with Crippen molar-refractivity contribution < 1.29 is 0 Å². The molecule has 0 saturated heterocycles. The highest BCUT2D eigenvalue weighted by atomic mass is 15.2. The first-order valence-electron chi connectivity index (χ1n) is 8.77. The summed E-state index contributed by atoms with van der Waals surface area (Å²) < 4.78 is 0. The summed E-state index contributed by atoms with van der Waals surface area (Å²) in [5.74, 6) is 0. The van der Waals surface area contributed by atoms with Crippen LogP contribution in [0.15, 0.2) is 84.9 Å². The minimum Gasteiger partial charge on any atom is -0.291 e. The van der Waals surface area contributed by atoms with E-state index in [4.69, 9.17) is 0 Å². The molecule has 1 atom stereocenters. The van der Waals surface area contributed by atoms with E-state index in [1.165, 1.54) is 22.3 Å². The highest BCUT2D eigenvalue weighted by Crippen LogP contribution is 2.27. The summed E-state index contributed by atoms with van der Waals surface area (Å²) in [7, 11) is 0. The molecule has 1 aliphatic heterocycles. The van der Waals surface area contributed by atoms with E-state index in [0.717, 1.165) is 25.9 Å². The van der Waals surface area contributed by atoms with Gasteiger partial charge in [-0.15, -0.1) is 0 Å². The van der Waals surface area contributed by atoms with Gasteiger partial charge in [0.2, 0.25) is 0 Å². The molecule has 4 rings (SSSR count). The quantitative estimate of drug-likeness (QED) is 0.665. The van der Waals surface area contributed by atoms with Crippen molar-refractivity contribution in [3.05, 3.63) is 107 Å². The number of fused-ring (bicyclic) bond motifs is 1. The number of hydrogen-bond acceptors (Lipinski definition) is 1. The molecule has 0 N–H and O–H groups in total. The normalized spacial score (nSPS) is 17.4. The molecular formula is C23H23N. The van der Waals surface area contributed by atoms with Crippen LogP contribution in [0, 0.1) is 0 Å². The third-order valence-corrected chi connectivity index (χ3v) is 5.01. The fraction of sp³-hybridized carbons (Fsp3) is 0.217. The monoisotopic (exact) mass is 313 g/mol. The lowest BCUT2D eigenvalue weighted by Crippen LogP contribution is -2.41. The Morgan fingerprint density at radius 1 is 0.667 bits per heavy atom. The Balaban J connectivity index is 1.60. The van der Waals surface area contributed by atoms with Crippen LogP contribution in [0.25, 0.3) is 0 Å². The van der Waals surface area contributed by atoms with Gasteiger partial charge in [0.25, 0.3) is 0 Å². The van der Waals surface area contributed by atoms with Crippen LogP contribution in [0.3, 0.4) is 0 Å². The van der Waals surface area contributed by atoms with Gasteiger partial charge in [0.05, 0.1) is 0 Å². The molecule has 0 unspecified atom stereocenters. The Bertz CT molecular complexity index is 711. The van der Waals surface area contributed by atoms with E-state index in [9.17, 15) is 0 Å². The van der Waals surface area contributed by atoms with Crippen LogP contribution in [0.5, 0.6) is 0 Å². The molecule has 24 heavy (non-hydrogen) atoms. The summed E-state index contributed by atoms with van der Waals surface area (Å²) in [5.41, 5.74) is 5.83. The second-order valence-corrected chi connectivity index (χ2v) is 6.71. The molecule has 1 heterocycles. The molecule has 1 heteroatoms. The first-order chi connectivity index (χ1) is 11.9. The van der Waals surface area contributed by atoms with Crippen molar-refractivity contribution in [1.82, 2.24) is 4.90 Å². The zero-order chi connectivity index (χ0) is 16.2. The molecule has 0 radical (unpaired) electrons. The van der Waals surface area contributed by atoms with Crippen LogP contribution in [-0.4, -0.2) is 10.9 Å². The summed E-state index contributed by atoms with van der Waals surface area (Å²) >= 11 is 0. The maximum absolute atomic E-state index is 2.64. The molecule has 0 saturated carbocycles. The Labute approximate surface area is 144 Å². The Morgan fingerprint density at radius 2 is 1.25 bits per heavy atom. The third kappa shape index (κ3) is 3.42. The van der Waals surface area contributed by atoms with Gasteiger partial charge in [-0.05, 0) is 35.1 Å². The smallest absolute Gasteiger partial charge is 0.0243 e. The van der Waals surface area contributed by atoms with Gasteiger partial charge in [-0.25, -0.2) is 0 Å². The van der Waals surface area contributed by atoms with E-state index in [-0.39, 0.29) is 0 Å². The van der Waals surface area contributed by atoms with Crippen molar-refractivity contribution in [2.24, 2.45) is 0 Å². The molecule has 0 amide bonds. The predicted octanol–water partition coefficient (Wildman–Crippen LogP) is 4.86. The van der Waals surface area contributed by atoms with Gasteiger partial charge in [-0.1, -0.05) is 84.9 Å². The van der Waals surface area contributed by atoms with E-state index < -0.39 is 0 Å². The van der Waals surface area contributed by atoms with Crippen LogP contribution in [0.1, 0.15) is 22.3 Å². The number of rotatable bonds is 4. The lowest BCUT2D eigenvalue weighted by molar-refractivity contribution is 0.161. The summed E-state index contributed by atoms with van der Waals surface area (Å²) in [5, 5.41) is 0. The SMILES string of the molecule is c1ccc(C[C@H]2Cc3ccccc3CN2Cc2ccccc2)cc1. The molecule has 0 bridgehead atoms.